The highest BCUT2D eigenvalue weighted by Gasteiger charge is 2.20. The van der Waals surface area contributed by atoms with Crippen molar-refractivity contribution < 1.29 is 22.7 Å². The maximum atomic E-state index is 12.7. The summed E-state index contributed by atoms with van der Waals surface area (Å²) < 4.78 is 36.4. The number of hydrogen-bond donors (Lipinski definition) is 2. The van der Waals surface area contributed by atoms with Gasteiger partial charge in [0.05, 0.1) is 30.5 Å². The van der Waals surface area contributed by atoms with Crippen LogP contribution in [0.2, 0.25) is 5.02 Å². The molecule has 0 aromatic heterocycles. The standard InChI is InChI=1S/C19H21ClN2O5S/c1-12(13-5-3-6-15(9-13)22-28(2,24)25)21-19(23)14-10-16(20)18-17(11-14)26-7-4-8-27-18/h3,5-6,9-12,22H,4,7-8H2,1-2H3,(H,21,23). The maximum Gasteiger partial charge on any atom is 0.251 e. The zero-order valence-electron chi connectivity index (χ0n) is 15.5. The lowest BCUT2D eigenvalue weighted by Gasteiger charge is -2.17. The minimum absolute atomic E-state index is 0.316. The van der Waals surface area contributed by atoms with Crippen LogP contribution in [0.25, 0.3) is 0 Å². The number of halogens is 1. The molecule has 3 rings (SSSR count). The Balaban J connectivity index is 1.77. The fourth-order valence-corrected chi connectivity index (χ4v) is 3.63. The molecular weight excluding hydrogens is 404 g/mol. The first kappa shape index (κ1) is 20.3. The fourth-order valence-electron chi connectivity index (χ4n) is 2.81. The van der Waals surface area contributed by atoms with Crippen LogP contribution in [0.1, 0.15) is 35.3 Å². The Kier molecular flexibility index (Phi) is 6.00. The van der Waals surface area contributed by atoms with Crippen LogP contribution < -0.4 is 19.5 Å². The Morgan fingerprint density at radius 1 is 1.18 bits per heavy atom. The van der Waals surface area contributed by atoms with E-state index in [0.717, 1.165) is 18.2 Å². The van der Waals surface area contributed by atoms with Crippen LogP contribution in [0, 0.1) is 0 Å². The molecule has 2 aromatic rings. The van der Waals surface area contributed by atoms with Crippen molar-refractivity contribution in [2.24, 2.45) is 0 Å². The van der Waals surface area contributed by atoms with E-state index >= 15 is 0 Å². The van der Waals surface area contributed by atoms with Crippen LogP contribution >= 0.6 is 11.6 Å². The second kappa shape index (κ2) is 8.28. The molecule has 150 valence electrons. The molecule has 1 heterocycles. The number of amides is 1. The number of carbonyl (C=O) groups is 1. The van der Waals surface area contributed by atoms with Gasteiger partial charge in [0.25, 0.3) is 5.91 Å². The molecule has 0 fully saturated rings. The van der Waals surface area contributed by atoms with E-state index in [2.05, 4.69) is 10.0 Å². The van der Waals surface area contributed by atoms with Gasteiger partial charge in [-0.25, -0.2) is 8.42 Å². The van der Waals surface area contributed by atoms with Crippen molar-refractivity contribution >= 4 is 33.2 Å². The van der Waals surface area contributed by atoms with Crippen molar-refractivity contribution in [1.29, 1.82) is 0 Å². The van der Waals surface area contributed by atoms with E-state index in [1.807, 2.05) is 6.92 Å². The van der Waals surface area contributed by atoms with Crippen molar-refractivity contribution in [1.82, 2.24) is 5.32 Å². The molecule has 9 heteroatoms. The van der Waals surface area contributed by atoms with Crippen LogP contribution in [0.3, 0.4) is 0 Å². The minimum atomic E-state index is -3.38. The number of fused-ring (bicyclic) bond motifs is 1. The monoisotopic (exact) mass is 424 g/mol. The number of carbonyl (C=O) groups excluding carboxylic acids is 1. The highest BCUT2D eigenvalue weighted by molar-refractivity contribution is 7.92. The first-order valence-corrected chi connectivity index (χ1v) is 11.0. The van der Waals surface area contributed by atoms with Crippen LogP contribution in [-0.2, 0) is 10.0 Å². The lowest BCUT2D eigenvalue weighted by Crippen LogP contribution is -2.26. The van der Waals surface area contributed by atoms with Gasteiger partial charge in [-0.1, -0.05) is 23.7 Å². The third-order valence-corrected chi connectivity index (χ3v) is 4.99. The molecular formula is C19H21ClN2O5S. The van der Waals surface area contributed by atoms with Crippen molar-refractivity contribution in [2.75, 3.05) is 24.2 Å². The highest BCUT2D eigenvalue weighted by Crippen LogP contribution is 2.38. The normalized spacial score (nSPS) is 14.7. The van der Waals surface area contributed by atoms with Crippen molar-refractivity contribution in [3.63, 3.8) is 0 Å². The van der Waals surface area contributed by atoms with Crippen LogP contribution in [-0.4, -0.2) is 33.8 Å². The van der Waals surface area contributed by atoms with Gasteiger partial charge in [-0.05, 0) is 36.8 Å². The molecule has 2 aromatic carbocycles. The third-order valence-electron chi connectivity index (χ3n) is 4.10. The van der Waals surface area contributed by atoms with Crippen molar-refractivity contribution in [2.45, 2.75) is 19.4 Å². The van der Waals surface area contributed by atoms with E-state index in [1.165, 1.54) is 0 Å². The molecule has 0 saturated carbocycles. The van der Waals surface area contributed by atoms with Crippen molar-refractivity contribution in [3.05, 3.63) is 52.5 Å². The zero-order valence-corrected chi connectivity index (χ0v) is 17.1. The summed E-state index contributed by atoms with van der Waals surface area (Å²) in [5.74, 6) is 0.567. The predicted molar refractivity (Wildman–Crippen MR) is 108 cm³/mol. The number of ether oxygens (including phenoxy) is 2. The predicted octanol–water partition coefficient (Wildman–Crippen LogP) is 3.36. The van der Waals surface area contributed by atoms with Gasteiger partial charge in [-0.3, -0.25) is 9.52 Å². The van der Waals surface area contributed by atoms with Gasteiger partial charge in [-0.15, -0.1) is 0 Å². The Bertz CT molecular complexity index is 994. The fraction of sp³-hybridized carbons (Fsp3) is 0.316. The van der Waals surface area contributed by atoms with Gasteiger partial charge >= 0.3 is 0 Å². The molecule has 0 spiro atoms. The van der Waals surface area contributed by atoms with Gasteiger partial charge in [0, 0.05) is 17.7 Å². The topological polar surface area (TPSA) is 93.7 Å². The first-order chi connectivity index (χ1) is 13.2. The molecule has 2 N–H and O–H groups in total. The van der Waals surface area contributed by atoms with Gasteiger partial charge < -0.3 is 14.8 Å². The summed E-state index contributed by atoms with van der Waals surface area (Å²) in [7, 11) is -3.38. The summed E-state index contributed by atoms with van der Waals surface area (Å²) in [4.78, 5) is 12.7. The second-order valence-electron chi connectivity index (χ2n) is 6.53. The van der Waals surface area contributed by atoms with Crippen molar-refractivity contribution in [3.8, 4) is 11.5 Å². The minimum Gasteiger partial charge on any atom is -0.489 e. The number of hydrogen-bond acceptors (Lipinski definition) is 5. The average Bonchev–Trinajstić information content (AvgIpc) is 2.86. The third kappa shape index (κ3) is 5.08. The second-order valence-corrected chi connectivity index (χ2v) is 8.69. The molecule has 0 bridgehead atoms. The van der Waals surface area contributed by atoms with E-state index in [4.69, 9.17) is 21.1 Å². The summed E-state index contributed by atoms with van der Waals surface area (Å²) in [5, 5.41) is 3.20. The number of nitrogens with one attached hydrogen (secondary N) is 2. The average molecular weight is 425 g/mol. The number of sulfonamides is 1. The number of anilines is 1. The summed E-state index contributed by atoms with van der Waals surface area (Å²) in [6.45, 7) is 2.81. The lowest BCUT2D eigenvalue weighted by atomic mass is 10.1. The van der Waals surface area contributed by atoms with Crippen LogP contribution in [0.15, 0.2) is 36.4 Å². The molecule has 1 atom stereocenters. The molecule has 0 radical (unpaired) electrons. The van der Waals surface area contributed by atoms with E-state index in [0.29, 0.717) is 41.0 Å². The Labute approximate surface area is 169 Å². The first-order valence-electron chi connectivity index (χ1n) is 8.71. The number of rotatable bonds is 5. The van der Waals surface area contributed by atoms with E-state index in [-0.39, 0.29) is 11.9 Å². The molecule has 0 aliphatic carbocycles. The SMILES string of the molecule is CC(NC(=O)c1cc(Cl)c2c(c1)OCCCO2)c1cccc(NS(C)(=O)=O)c1. The summed E-state index contributed by atoms with van der Waals surface area (Å²) in [5.41, 5.74) is 1.54. The molecule has 0 saturated heterocycles. The highest BCUT2D eigenvalue weighted by atomic mass is 35.5. The Morgan fingerprint density at radius 3 is 2.68 bits per heavy atom. The van der Waals surface area contributed by atoms with Gasteiger partial charge in [0.2, 0.25) is 10.0 Å². The van der Waals surface area contributed by atoms with Gasteiger partial charge in [0.15, 0.2) is 11.5 Å². The van der Waals surface area contributed by atoms with E-state index < -0.39 is 10.0 Å². The van der Waals surface area contributed by atoms with E-state index in [1.54, 1.807) is 36.4 Å². The quantitative estimate of drug-likeness (QED) is 0.767. The van der Waals surface area contributed by atoms with Crippen LogP contribution in [0.5, 0.6) is 11.5 Å². The largest absolute Gasteiger partial charge is 0.489 e. The molecule has 1 aliphatic heterocycles. The van der Waals surface area contributed by atoms with Gasteiger partial charge in [0.1, 0.15) is 0 Å². The maximum absolute atomic E-state index is 12.7. The molecule has 1 amide bonds. The molecule has 7 nitrogen and oxygen atoms in total. The van der Waals surface area contributed by atoms with Gasteiger partial charge in [-0.2, -0.15) is 0 Å². The molecule has 1 unspecified atom stereocenters. The summed E-state index contributed by atoms with van der Waals surface area (Å²) in [6.07, 6.45) is 1.82. The van der Waals surface area contributed by atoms with E-state index in [9.17, 15) is 13.2 Å². The Hall–Kier alpha value is -2.45. The number of benzene rings is 2. The Morgan fingerprint density at radius 2 is 1.93 bits per heavy atom. The molecule has 1 aliphatic rings. The lowest BCUT2D eigenvalue weighted by molar-refractivity contribution is 0.0939. The molecule has 28 heavy (non-hydrogen) atoms. The summed E-state index contributed by atoms with van der Waals surface area (Å²) in [6, 6.07) is 9.63. The van der Waals surface area contributed by atoms with Crippen LogP contribution in [0.4, 0.5) is 5.69 Å². The summed E-state index contributed by atoms with van der Waals surface area (Å²) >= 11 is 6.25. The smallest absolute Gasteiger partial charge is 0.251 e. The zero-order chi connectivity index (χ0) is 20.3.